The molecule has 1 aromatic rings. The molecule has 1 saturated heterocycles. The number of unbranched alkanes of at least 4 members (excludes halogenated alkanes) is 1. The highest BCUT2D eigenvalue weighted by molar-refractivity contribution is 7.89. The average Bonchev–Trinajstić information content (AvgIpc) is 2.94. The number of carbonyl (C=O) groups is 1. The van der Waals surface area contributed by atoms with Crippen LogP contribution in [-0.4, -0.2) is 75.6 Å². The molecule has 0 spiro atoms. The van der Waals surface area contributed by atoms with Crippen LogP contribution in [0.1, 0.15) is 36.0 Å². The molecule has 0 aromatic heterocycles. The number of piperidine rings is 1. The van der Waals surface area contributed by atoms with Gasteiger partial charge in [0, 0.05) is 31.5 Å². The van der Waals surface area contributed by atoms with Gasteiger partial charge >= 0.3 is 0 Å². The first-order valence-corrected chi connectivity index (χ1v) is 12.2. The second kappa shape index (κ2) is 10.6. The van der Waals surface area contributed by atoms with Gasteiger partial charge in [0.1, 0.15) is 5.82 Å². The molecule has 2 aliphatic heterocycles. The number of amides is 1. The molecular weight excluding hydrogens is 429 g/mol. The fraction of sp³-hybridized carbons (Fsp3) is 0.650. The number of nitrogens with zero attached hydrogens (tertiary/aromatic N) is 1. The fourth-order valence-corrected chi connectivity index (χ4v) is 4.46. The van der Waals surface area contributed by atoms with Gasteiger partial charge < -0.3 is 24.8 Å². The van der Waals surface area contributed by atoms with Crippen LogP contribution in [0.25, 0.3) is 0 Å². The highest BCUT2D eigenvalue weighted by Gasteiger charge is 2.29. The molecule has 0 radical (unpaired) electrons. The number of rotatable bonds is 8. The molecule has 2 unspecified atom stereocenters. The molecule has 4 N–H and O–H groups in total. The number of ether oxygens (including phenoxy) is 2. The monoisotopic (exact) mass is 459 g/mol. The highest BCUT2D eigenvalue weighted by Crippen LogP contribution is 2.34. The minimum absolute atomic E-state index is 0.0451. The second-order valence-electron chi connectivity index (χ2n) is 8.03. The molecule has 1 amide bonds. The summed E-state index contributed by atoms with van der Waals surface area (Å²) in [7, 11) is -3.44. The number of sulfonamides is 1. The molecule has 2 aliphatic rings. The van der Waals surface area contributed by atoms with Crippen molar-refractivity contribution in [3.05, 3.63) is 23.5 Å². The predicted molar refractivity (Wildman–Crippen MR) is 112 cm³/mol. The smallest absolute Gasteiger partial charge is 0.255 e. The number of aliphatic hydroxyl groups is 1. The lowest BCUT2D eigenvalue weighted by molar-refractivity contribution is 0.0217. The van der Waals surface area contributed by atoms with Crippen molar-refractivity contribution in [3.8, 4) is 11.5 Å². The van der Waals surface area contributed by atoms with Gasteiger partial charge in [-0.1, -0.05) is 0 Å². The number of aliphatic hydroxyl groups excluding tert-OH is 1. The van der Waals surface area contributed by atoms with Gasteiger partial charge in [0.2, 0.25) is 10.0 Å². The van der Waals surface area contributed by atoms with Crippen LogP contribution in [0.4, 0.5) is 4.39 Å². The van der Waals surface area contributed by atoms with Crippen LogP contribution in [0.15, 0.2) is 12.1 Å². The van der Waals surface area contributed by atoms with Crippen molar-refractivity contribution in [2.75, 3.05) is 45.1 Å². The topological polar surface area (TPSA) is 131 Å². The van der Waals surface area contributed by atoms with Crippen molar-refractivity contribution >= 4 is 15.9 Å². The first-order valence-electron chi connectivity index (χ1n) is 10.5. The number of hydrogen-bond donors (Lipinski definition) is 3. The average molecular weight is 460 g/mol. The quantitative estimate of drug-likeness (QED) is 0.482. The van der Waals surface area contributed by atoms with E-state index in [0.717, 1.165) is 12.6 Å². The molecule has 3 rings (SSSR count). The summed E-state index contributed by atoms with van der Waals surface area (Å²) < 4.78 is 47.0. The summed E-state index contributed by atoms with van der Waals surface area (Å²) >= 11 is 0. The van der Waals surface area contributed by atoms with Crippen molar-refractivity contribution in [2.24, 2.45) is 11.1 Å². The zero-order chi connectivity index (χ0) is 22.4. The first-order chi connectivity index (χ1) is 14.7. The van der Waals surface area contributed by atoms with Gasteiger partial charge in [0.05, 0.1) is 30.6 Å². The van der Waals surface area contributed by atoms with E-state index in [-0.39, 0.29) is 35.3 Å². The second-order valence-corrected chi connectivity index (χ2v) is 9.77. The maximum absolute atomic E-state index is 13.9. The van der Waals surface area contributed by atoms with Crippen LogP contribution in [-0.2, 0) is 10.0 Å². The van der Waals surface area contributed by atoms with Crippen molar-refractivity contribution < 1.29 is 32.2 Å². The van der Waals surface area contributed by atoms with Crippen molar-refractivity contribution in [2.45, 2.75) is 31.8 Å². The molecule has 11 heteroatoms. The summed E-state index contributed by atoms with van der Waals surface area (Å²) in [5, 5.41) is 18.2. The lowest BCUT2D eigenvalue weighted by atomic mass is 9.93. The molecule has 0 bridgehead atoms. The van der Waals surface area contributed by atoms with Gasteiger partial charge in [-0.05, 0) is 38.4 Å². The Morgan fingerprint density at radius 2 is 2.06 bits per heavy atom. The number of likely N-dealkylation sites (tertiary alicyclic amines) is 1. The Bertz CT molecular complexity index is 882. The summed E-state index contributed by atoms with van der Waals surface area (Å²) in [6.07, 6.45) is 1.85. The van der Waals surface area contributed by atoms with Crippen LogP contribution >= 0.6 is 0 Å². The molecule has 2 heterocycles. The van der Waals surface area contributed by atoms with E-state index in [0.29, 0.717) is 52.0 Å². The number of fused-ring (bicyclic) bond motifs is 1. The SMILES string of the molecule is NS(=O)(=O)CCCCN1CCC(CNC(=O)c2cc(F)cc3c2OCCCO3)C(O)C1. The van der Waals surface area contributed by atoms with E-state index in [9.17, 15) is 22.7 Å². The lowest BCUT2D eigenvalue weighted by Crippen LogP contribution is -2.47. The van der Waals surface area contributed by atoms with Gasteiger partial charge in [-0.3, -0.25) is 4.79 Å². The van der Waals surface area contributed by atoms with Gasteiger partial charge in [0.15, 0.2) is 11.5 Å². The molecular formula is C20H30FN3O6S. The molecule has 2 atom stereocenters. The highest BCUT2D eigenvalue weighted by atomic mass is 32.2. The van der Waals surface area contributed by atoms with E-state index in [1.165, 1.54) is 6.07 Å². The Labute approximate surface area is 181 Å². The minimum Gasteiger partial charge on any atom is -0.489 e. The molecule has 9 nitrogen and oxygen atoms in total. The number of halogens is 1. The van der Waals surface area contributed by atoms with Crippen LogP contribution in [0.5, 0.6) is 11.5 Å². The molecule has 0 aliphatic carbocycles. The van der Waals surface area contributed by atoms with Gasteiger partial charge in [0.25, 0.3) is 5.91 Å². The number of carbonyl (C=O) groups excluding carboxylic acids is 1. The zero-order valence-corrected chi connectivity index (χ0v) is 18.2. The van der Waals surface area contributed by atoms with E-state index in [2.05, 4.69) is 10.2 Å². The Morgan fingerprint density at radius 1 is 1.29 bits per heavy atom. The largest absolute Gasteiger partial charge is 0.489 e. The Hall–Kier alpha value is -1.95. The lowest BCUT2D eigenvalue weighted by Gasteiger charge is -2.36. The van der Waals surface area contributed by atoms with Crippen LogP contribution in [0, 0.1) is 11.7 Å². The van der Waals surface area contributed by atoms with Gasteiger partial charge in [-0.25, -0.2) is 17.9 Å². The number of β-amino-alcohol motifs (C(OH)–C–C–N with tert-alkyl or cyclic N) is 1. The third kappa shape index (κ3) is 7.03. The molecule has 174 valence electrons. The number of nitrogens with one attached hydrogen (secondary N) is 1. The van der Waals surface area contributed by atoms with Crippen LogP contribution in [0.2, 0.25) is 0 Å². The van der Waals surface area contributed by atoms with E-state index < -0.39 is 27.9 Å². The fourth-order valence-electron chi connectivity index (χ4n) is 3.85. The Kier molecular flexibility index (Phi) is 8.09. The van der Waals surface area contributed by atoms with E-state index in [4.69, 9.17) is 14.6 Å². The summed E-state index contributed by atoms with van der Waals surface area (Å²) in [4.78, 5) is 14.8. The summed E-state index contributed by atoms with van der Waals surface area (Å²) in [5.74, 6) is -0.765. The van der Waals surface area contributed by atoms with Gasteiger partial charge in [-0.15, -0.1) is 0 Å². The van der Waals surface area contributed by atoms with E-state index in [1.807, 2.05) is 0 Å². The maximum Gasteiger partial charge on any atom is 0.255 e. The number of benzene rings is 1. The molecule has 0 saturated carbocycles. The minimum atomic E-state index is -3.44. The zero-order valence-electron chi connectivity index (χ0n) is 17.4. The third-order valence-electron chi connectivity index (χ3n) is 5.54. The Morgan fingerprint density at radius 3 is 2.81 bits per heavy atom. The normalized spacial score (nSPS) is 22.0. The summed E-state index contributed by atoms with van der Waals surface area (Å²) in [6.45, 7) is 2.89. The molecule has 1 fully saturated rings. The standard InChI is InChI=1S/C20H30FN3O6S/c21-15-10-16(19-18(11-15)29-7-3-8-30-19)20(26)23-12-14-4-6-24(13-17(14)25)5-1-2-9-31(22,27)28/h10-11,14,17,25H,1-9,12-13H2,(H,23,26)(H2,22,27,28). The number of hydrogen-bond acceptors (Lipinski definition) is 7. The maximum atomic E-state index is 13.9. The van der Waals surface area contributed by atoms with Gasteiger partial charge in [-0.2, -0.15) is 0 Å². The van der Waals surface area contributed by atoms with Crippen LogP contribution in [0.3, 0.4) is 0 Å². The van der Waals surface area contributed by atoms with Crippen molar-refractivity contribution in [1.29, 1.82) is 0 Å². The first kappa shape index (κ1) is 23.7. The summed E-state index contributed by atoms with van der Waals surface area (Å²) in [6, 6.07) is 2.34. The van der Waals surface area contributed by atoms with Crippen molar-refractivity contribution in [3.63, 3.8) is 0 Å². The molecule has 1 aromatic carbocycles. The van der Waals surface area contributed by atoms with E-state index in [1.54, 1.807) is 0 Å². The van der Waals surface area contributed by atoms with Crippen LogP contribution < -0.4 is 19.9 Å². The summed E-state index contributed by atoms with van der Waals surface area (Å²) in [5.41, 5.74) is 0.0821. The predicted octanol–water partition coefficient (Wildman–Crippen LogP) is 0.468. The van der Waals surface area contributed by atoms with E-state index >= 15 is 0 Å². The van der Waals surface area contributed by atoms with Crippen molar-refractivity contribution in [1.82, 2.24) is 10.2 Å². The Balaban J connectivity index is 1.49. The molecule has 31 heavy (non-hydrogen) atoms. The number of primary sulfonamides is 1. The number of nitrogens with two attached hydrogens (primary N) is 1. The third-order valence-corrected chi connectivity index (χ3v) is 6.40.